The molecule has 0 bridgehead atoms. The summed E-state index contributed by atoms with van der Waals surface area (Å²) in [6, 6.07) is 13.4. The van der Waals surface area contributed by atoms with Gasteiger partial charge in [-0.05, 0) is 44.2 Å². The number of sulfonamides is 1. The lowest BCUT2D eigenvalue weighted by Gasteiger charge is -2.34. The van der Waals surface area contributed by atoms with Gasteiger partial charge in [-0.15, -0.1) is 0 Å². The third kappa shape index (κ3) is 4.94. The van der Waals surface area contributed by atoms with Gasteiger partial charge in [0.2, 0.25) is 10.0 Å². The van der Waals surface area contributed by atoms with E-state index in [4.69, 9.17) is 4.74 Å². The van der Waals surface area contributed by atoms with Gasteiger partial charge in [-0.2, -0.15) is 4.31 Å². The van der Waals surface area contributed by atoms with Gasteiger partial charge in [0.05, 0.1) is 6.61 Å². The number of nitrogens with zero attached hydrogens (tertiary/aromatic N) is 4. The molecule has 0 spiro atoms. The average Bonchev–Trinajstić information content (AvgIpc) is 2.79. The summed E-state index contributed by atoms with van der Waals surface area (Å²) in [5.41, 5.74) is 0. The van der Waals surface area contributed by atoms with E-state index >= 15 is 0 Å². The van der Waals surface area contributed by atoms with E-state index in [-0.39, 0.29) is 4.90 Å². The number of piperazine rings is 1. The monoisotopic (exact) mass is 430 g/mol. The van der Waals surface area contributed by atoms with Crippen LogP contribution in [0.3, 0.4) is 0 Å². The number of rotatable bonds is 6. The number of anilines is 1. The van der Waals surface area contributed by atoms with E-state index in [1.807, 2.05) is 43.4 Å². The lowest BCUT2D eigenvalue weighted by molar-refractivity contribution is 0.222. The van der Waals surface area contributed by atoms with Crippen LogP contribution in [0, 0.1) is 5.92 Å². The molecule has 1 aromatic heterocycles. The number of benzene rings is 1. The molecular formula is C22H30N4O3S. The molecule has 0 amide bonds. The second-order valence-electron chi connectivity index (χ2n) is 8.14. The zero-order chi connectivity index (χ0) is 21.0. The predicted molar refractivity (Wildman–Crippen MR) is 117 cm³/mol. The van der Waals surface area contributed by atoms with E-state index < -0.39 is 10.0 Å². The van der Waals surface area contributed by atoms with Crippen molar-refractivity contribution in [2.75, 3.05) is 57.8 Å². The van der Waals surface area contributed by atoms with E-state index in [9.17, 15) is 8.42 Å². The summed E-state index contributed by atoms with van der Waals surface area (Å²) in [5, 5.41) is 0. The highest BCUT2D eigenvalue weighted by molar-refractivity contribution is 7.89. The van der Waals surface area contributed by atoms with Crippen LogP contribution in [0.4, 0.5) is 5.82 Å². The topological polar surface area (TPSA) is 66.0 Å². The number of piperidine rings is 1. The Balaban J connectivity index is 1.37. The summed E-state index contributed by atoms with van der Waals surface area (Å²) in [7, 11) is -1.47. The molecule has 30 heavy (non-hydrogen) atoms. The lowest BCUT2D eigenvalue weighted by atomic mass is 9.99. The molecule has 2 saturated heterocycles. The van der Waals surface area contributed by atoms with Gasteiger partial charge in [0, 0.05) is 51.4 Å². The Kier molecular flexibility index (Phi) is 6.55. The molecule has 0 N–H and O–H groups in total. The van der Waals surface area contributed by atoms with Gasteiger partial charge < -0.3 is 14.5 Å². The van der Waals surface area contributed by atoms with E-state index in [2.05, 4.69) is 14.8 Å². The first-order valence-electron chi connectivity index (χ1n) is 10.6. The number of likely N-dealkylation sites (N-methyl/N-ethyl adjacent to an activating group) is 1. The van der Waals surface area contributed by atoms with Crippen molar-refractivity contribution in [3.8, 4) is 5.75 Å². The minimum atomic E-state index is -3.48. The maximum atomic E-state index is 12.9. The summed E-state index contributed by atoms with van der Waals surface area (Å²) in [6.07, 6.45) is 3.71. The number of pyridine rings is 1. The average molecular weight is 431 g/mol. The van der Waals surface area contributed by atoms with Gasteiger partial charge in [-0.3, -0.25) is 0 Å². The summed E-state index contributed by atoms with van der Waals surface area (Å²) < 4.78 is 33.3. The van der Waals surface area contributed by atoms with Crippen LogP contribution < -0.4 is 9.64 Å². The van der Waals surface area contributed by atoms with E-state index in [1.165, 1.54) is 6.20 Å². The molecule has 2 aliphatic rings. The van der Waals surface area contributed by atoms with Crippen LogP contribution in [0.2, 0.25) is 0 Å². The summed E-state index contributed by atoms with van der Waals surface area (Å²) in [5.74, 6) is 2.15. The largest absolute Gasteiger partial charge is 0.493 e. The van der Waals surface area contributed by atoms with Crippen molar-refractivity contribution >= 4 is 15.8 Å². The zero-order valence-electron chi connectivity index (χ0n) is 17.5. The highest BCUT2D eigenvalue weighted by atomic mass is 32.2. The highest BCUT2D eigenvalue weighted by Crippen LogP contribution is 2.24. The van der Waals surface area contributed by atoms with Crippen LogP contribution in [-0.2, 0) is 10.0 Å². The smallest absolute Gasteiger partial charge is 0.244 e. The summed E-state index contributed by atoms with van der Waals surface area (Å²) in [4.78, 5) is 9.15. The second-order valence-corrected chi connectivity index (χ2v) is 10.1. The number of ether oxygens (including phenoxy) is 1. The predicted octanol–water partition coefficient (Wildman–Crippen LogP) is 2.31. The first kappa shape index (κ1) is 21.1. The first-order valence-corrected chi connectivity index (χ1v) is 12.0. The highest BCUT2D eigenvalue weighted by Gasteiger charge is 2.28. The third-order valence-corrected chi connectivity index (χ3v) is 7.77. The molecular weight excluding hydrogens is 400 g/mol. The maximum Gasteiger partial charge on any atom is 0.244 e. The fourth-order valence-electron chi connectivity index (χ4n) is 4.03. The summed E-state index contributed by atoms with van der Waals surface area (Å²) in [6.45, 7) is 5.03. The molecule has 8 heteroatoms. The molecule has 2 aliphatic heterocycles. The van der Waals surface area contributed by atoms with E-state index in [0.717, 1.165) is 50.6 Å². The fraction of sp³-hybridized carbons (Fsp3) is 0.500. The molecule has 0 radical (unpaired) electrons. The molecule has 1 atom stereocenters. The van der Waals surface area contributed by atoms with Crippen LogP contribution in [0.25, 0.3) is 0 Å². The van der Waals surface area contributed by atoms with E-state index in [0.29, 0.717) is 25.6 Å². The first-order chi connectivity index (χ1) is 14.5. The molecule has 0 saturated carbocycles. The van der Waals surface area contributed by atoms with Crippen molar-refractivity contribution in [2.24, 2.45) is 5.92 Å². The minimum Gasteiger partial charge on any atom is -0.493 e. The molecule has 1 unspecified atom stereocenters. The number of hydrogen-bond acceptors (Lipinski definition) is 6. The Bertz CT molecular complexity index is 913. The van der Waals surface area contributed by atoms with Gasteiger partial charge in [0.15, 0.2) is 0 Å². The molecule has 2 aromatic rings. The van der Waals surface area contributed by atoms with Crippen molar-refractivity contribution in [1.82, 2.24) is 14.2 Å². The van der Waals surface area contributed by atoms with Crippen molar-refractivity contribution in [3.05, 3.63) is 48.7 Å². The van der Waals surface area contributed by atoms with Crippen LogP contribution in [0.1, 0.15) is 12.8 Å². The quantitative estimate of drug-likeness (QED) is 0.701. The van der Waals surface area contributed by atoms with Gasteiger partial charge >= 0.3 is 0 Å². The number of para-hydroxylation sites is 1. The SMILES string of the molecule is CN1CCN(S(=O)(=O)c2ccc(N3CCCC(COc4ccccc4)C3)nc2)CC1. The molecule has 2 fully saturated rings. The van der Waals surface area contributed by atoms with Crippen molar-refractivity contribution in [2.45, 2.75) is 17.7 Å². The Morgan fingerprint density at radius 3 is 2.50 bits per heavy atom. The van der Waals surface area contributed by atoms with Crippen LogP contribution in [0.15, 0.2) is 53.6 Å². The van der Waals surface area contributed by atoms with Crippen LogP contribution >= 0.6 is 0 Å². The number of hydrogen-bond donors (Lipinski definition) is 0. The molecule has 3 heterocycles. The molecule has 1 aromatic carbocycles. The van der Waals surface area contributed by atoms with Gasteiger partial charge in [0.25, 0.3) is 0 Å². The lowest BCUT2D eigenvalue weighted by Crippen LogP contribution is -2.47. The second kappa shape index (κ2) is 9.32. The third-order valence-electron chi connectivity index (χ3n) is 5.89. The standard InChI is InChI=1S/C22H30N4O3S/c1-24-12-14-26(15-13-24)30(27,28)21-9-10-22(23-16-21)25-11-5-6-19(17-25)18-29-20-7-3-2-4-8-20/h2-4,7-10,16,19H,5-6,11-15,17-18H2,1H3. The van der Waals surface area contributed by atoms with Crippen molar-refractivity contribution < 1.29 is 13.2 Å². The molecule has 4 rings (SSSR count). The van der Waals surface area contributed by atoms with Gasteiger partial charge in [-0.1, -0.05) is 18.2 Å². The Labute approximate surface area is 179 Å². The van der Waals surface area contributed by atoms with Crippen LogP contribution in [0.5, 0.6) is 5.75 Å². The van der Waals surface area contributed by atoms with Gasteiger partial charge in [-0.25, -0.2) is 13.4 Å². The van der Waals surface area contributed by atoms with Gasteiger partial charge in [0.1, 0.15) is 16.5 Å². The van der Waals surface area contributed by atoms with Crippen molar-refractivity contribution in [3.63, 3.8) is 0 Å². The molecule has 162 valence electrons. The Morgan fingerprint density at radius 1 is 1.03 bits per heavy atom. The molecule has 7 nitrogen and oxygen atoms in total. The zero-order valence-corrected chi connectivity index (χ0v) is 18.3. The fourth-order valence-corrected chi connectivity index (χ4v) is 5.40. The normalized spacial score (nSPS) is 21.5. The Hall–Kier alpha value is -2.16. The minimum absolute atomic E-state index is 0.275. The number of aromatic nitrogens is 1. The Morgan fingerprint density at radius 2 is 1.80 bits per heavy atom. The molecule has 0 aliphatic carbocycles. The maximum absolute atomic E-state index is 12.9. The van der Waals surface area contributed by atoms with Crippen molar-refractivity contribution in [1.29, 1.82) is 0 Å². The summed E-state index contributed by atoms with van der Waals surface area (Å²) >= 11 is 0. The van der Waals surface area contributed by atoms with E-state index in [1.54, 1.807) is 10.4 Å². The van der Waals surface area contributed by atoms with Crippen LogP contribution in [-0.4, -0.2) is 75.5 Å².